The number of rotatable bonds is 3. The van der Waals surface area contributed by atoms with Gasteiger partial charge in [-0.2, -0.15) is 0 Å². The molecule has 110 valence electrons. The van der Waals surface area contributed by atoms with Gasteiger partial charge in [-0.3, -0.25) is 4.79 Å². The smallest absolute Gasteiger partial charge is 0.286 e. The maximum atomic E-state index is 13.5. The first-order valence-electron chi connectivity index (χ1n) is 6.84. The van der Waals surface area contributed by atoms with Crippen molar-refractivity contribution in [2.24, 2.45) is 0 Å². The van der Waals surface area contributed by atoms with Gasteiger partial charge in [-0.15, -0.1) is 10.2 Å². The van der Waals surface area contributed by atoms with Gasteiger partial charge >= 0.3 is 0 Å². The minimum atomic E-state index is -0.464. The lowest BCUT2D eigenvalue weighted by atomic mass is 9.99. The molecule has 1 saturated heterocycles. The Bertz CT molecular complexity index is 639. The van der Waals surface area contributed by atoms with Crippen LogP contribution < -0.4 is 10.6 Å². The van der Waals surface area contributed by atoms with Gasteiger partial charge in [0.1, 0.15) is 10.8 Å². The van der Waals surface area contributed by atoms with Crippen molar-refractivity contribution in [3.8, 4) is 0 Å². The minimum Gasteiger partial charge on any atom is -0.317 e. The lowest BCUT2D eigenvalue weighted by Crippen LogP contribution is -2.26. The molecule has 0 spiro atoms. The van der Waals surface area contributed by atoms with E-state index in [9.17, 15) is 9.18 Å². The number of benzene rings is 1. The lowest BCUT2D eigenvalue weighted by molar-refractivity contribution is 0.102. The zero-order valence-corrected chi connectivity index (χ0v) is 12.1. The zero-order chi connectivity index (χ0) is 14.7. The number of anilines is 1. The molecule has 0 atom stereocenters. The van der Waals surface area contributed by atoms with Crippen molar-refractivity contribution in [2.75, 3.05) is 18.4 Å². The fourth-order valence-corrected chi connectivity index (χ4v) is 3.21. The van der Waals surface area contributed by atoms with Crippen molar-refractivity contribution in [1.82, 2.24) is 15.5 Å². The zero-order valence-electron chi connectivity index (χ0n) is 11.3. The van der Waals surface area contributed by atoms with E-state index in [-0.39, 0.29) is 10.7 Å². The Morgan fingerprint density at radius 1 is 1.29 bits per heavy atom. The third-order valence-electron chi connectivity index (χ3n) is 3.45. The molecule has 7 heteroatoms. The van der Waals surface area contributed by atoms with Crippen LogP contribution in [0, 0.1) is 5.82 Å². The molecule has 21 heavy (non-hydrogen) atoms. The quantitative estimate of drug-likeness (QED) is 0.914. The molecule has 1 aliphatic rings. The number of hydrogen-bond acceptors (Lipinski definition) is 5. The fraction of sp³-hybridized carbons (Fsp3) is 0.357. The molecule has 2 N–H and O–H groups in total. The van der Waals surface area contributed by atoms with Crippen LogP contribution >= 0.6 is 11.3 Å². The average molecular weight is 306 g/mol. The Labute approximate surface area is 125 Å². The van der Waals surface area contributed by atoms with E-state index in [2.05, 4.69) is 20.8 Å². The maximum Gasteiger partial charge on any atom is 0.286 e. The van der Waals surface area contributed by atoms with Crippen LogP contribution in [0.2, 0.25) is 0 Å². The second kappa shape index (κ2) is 6.28. The van der Waals surface area contributed by atoms with Crippen molar-refractivity contribution in [1.29, 1.82) is 0 Å². The molecule has 1 aromatic carbocycles. The summed E-state index contributed by atoms with van der Waals surface area (Å²) in [5.74, 6) is -0.523. The number of nitrogens with one attached hydrogen (secondary N) is 2. The number of aromatic nitrogens is 2. The standard InChI is InChI=1S/C14H15FN4OS/c15-10-3-1-2-4-11(10)17-12(20)14-19-18-13(21-14)9-5-7-16-8-6-9/h1-4,9,16H,5-8H2,(H,17,20). The molecule has 1 aliphatic heterocycles. The van der Waals surface area contributed by atoms with E-state index in [1.165, 1.54) is 23.5 Å². The number of nitrogens with zero attached hydrogens (tertiary/aromatic N) is 2. The number of carbonyl (C=O) groups is 1. The fourth-order valence-electron chi connectivity index (χ4n) is 2.30. The number of halogens is 1. The Morgan fingerprint density at radius 3 is 2.81 bits per heavy atom. The van der Waals surface area contributed by atoms with Gasteiger partial charge in [-0.1, -0.05) is 23.5 Å². The Hall–Kier alpha value is -1.86. The van der Waals surface area contributed by atoms with Crippen LogP contribution in [0.4, 0.5) is 10.1 Å². The summed E-state index contributed by atoms with van der Waals surface area (Å²) in [5, 5.41) is 15.0. The summed E-state index contributed by atoms with van der Waals surface area (Å²) >= 11 is 1.29. The van der Waals surface area contributed by atoms with Crippen molar-refractivity contribution >= 4 is 22.9 Å². The predicted molar refractivity (Wildman–Crippen MR) is 79.1 cm³/mol. The summed E-state index contributed by atoms with van der Waals surface area (Å²) < 4.78 is 13.5. The lowest BCUT2D eigenvalue weighted by Gasteiger charge is -2.19. The molecule has 5 nitrogen and oxygen atoms in total. The van der Waals surface area contributed by atoms with Gasteiger partial charge in [0.25, 0.3) is 5.91 Å². The summed E-state index contributed by atoms with van der Waals surface area (Å²) in [6.07, 6.45) is 2.01. The molecule has 0 aliphatic carbocycles. The average Bonchev–Trinajstić information content (AvgIpc) is 3.00. The molecule has 3 rings (SSSR count). The second-order valence-electron chi connectivity index (χ2n) is 4.90. The summed E-state index contributed by atoms with van der Waals surface area (Å²) in [6.45, 7) is 1.92. The SMILES string of the molecule is O=C(Nc1ccccc1F)c1nnc(C2CCNCC2)s1. The Morgan fingerprint density at radius 2 is 2.05 bits per heavy atom. The van der Waals surface area contributed by atoms with E-state index >= 15 is 0 Å². The van der Waals surface area contributed by atoms with Crippen LogP contribution in [0.1, 0.15) is 33.6 Å². The normalized spacial score (nSPS) is 15.9. The number of para-hydroxylation sites is 1. The van der Waals surface area contributed by atoms with Gasteiger partial charge in [-0.25, -0.2) is 4.39 Å². The van der Waals surface area contributed by atoms with Crippen LogP contribution in [0.15, 0.2) is 24.3 Å². The highest BCUT2D eigenvalue weighted by Crippen LogP contribution is 2.28. The molecule has 1 amide bonds. The number of amides is 1. The molecular weight excluding hydrogens is 291 g/mol. The van der Waals surface area contributed by atoms with Crippen LogP contribution in [0.5, 0.6) is 0 Å². The van der Waals surface area contributed by atoms with Gasteiger partial charge in [0.15, 0.2) is 0 Å². The first-order valence-corrected chi connectivity index (χ1v) is 7.65. The van der Waals surface area contributed by atoms with Crippen molar-refractivity contribution in [3.63, 3.8) is 0 Å². The summed E-state index contributed by atoms with van der Waals surface area (Å²) in [5.41, 5.74) is 0.154. The molecule has 0 radical (unpaired) electrons. The predicted octanol–water partition coefficient (Wildman–Crippen LogP) is 2.40. The van der Waals surface area contributed by atoms with E-state index in [0.717, 1.165) is 30.9 Å². The first kappa shape index (κ1) is 14.1. The van der Waals surface area contributed by atoms with Crippen molar-refractivity contribution in [3.05, 3.63) is 40.1 Å². The number of piperidine rings is 1. The van der Waals surface area contributed by atoms with Crippen molar-refractivity contribution < 1.29 is 9.18 Å². The van der Waals surface area contributed by atoms with E-state index in [1.807, 2.05) is 0 Å². The number of hydrogen-bond donors (Lipinski definition) is 2. The van der Waals surface area contributed by atoms with E-state index in [1.54, 1.807) is 12.1 Å². The summed E-state index contributed by atoms with van der Waals surface area (Å²) in [7, 11) is 0. The van der Waals surface area contributed by atoms with Gasteiger partial charge < -0.3 is 10.6 Å². The topological polar surface area (TPSA) is 66.9 Å². The van der Waals surface area contributed by atoms with Crippen LogP contribution in [0.3, 0.4) is 0 Å². The van der Waals surface area contributed by atoms with E-state index in [4.69, 9.17) is 0 Å². The molecule has 1 aromatic heterocycles. The molecule has 2 aromatic rings. The van der Waals surface area contributed by atoms with Gasteiger partial charge in [0, 0.05) is 5.92 Å². The van der Waals surface area contributed by atoms with E-state index < -0.39 is 11.7 Å². The highest BCUT2D eigenvalue weighted by molar-refractivity contribution is 7.13. The first-order chi connectivity index (χ1) is 10.2. The second-order valence-corrected chi connectivity index (χ2v) is 5.91. The van der Waals surface area contributed by atoms with Crippen LogP contribution in [-0.4, -0.2) is 29.2 Å². The monoisotopic (exact) mass is 306 g/mol. The third-order valence-corrected chi connectivity index (χ3v) is 4.53. The summed E-state index contributed by atoms with van der Waals surface area (Å²) in [6, 6.07) is 6.06. The van der Waals surface area contributed by atoms with Crippen LogP contribution in [0.25, 0.3) is 0 Å². The van der Waals surface area contributed by atoms with Gasteiger partial charge in [-0.05, 0) is 38.1 Å². The van der Waals surface area contributed by atoms with E-state index in [0.29, 0.717) is 5.92 Å². The molecule has 2 heterocycles. The molecule has 0 unspecified atom stereocenters. The molecular formula is C14H15FN4OS. The van der Waals surface area contributed by atoms with Gasteiger partial charge in [0.05, 0.1) is 5.69 Å². The highest BCUT2D eigenvalue weighted by Gasteiger charge is 2.21. The largest absolute Gasteiger partial charge is 0.317 e. The minimum absolute atomic E-state index is 0.154. The van der Waals surface area contributed by atoms with Gasteiger partial charge in [0.2, 0.25) is 5.01 Å². The van der Waals surface area contributed by atoms with Crippen molar-refractivity contribution in [2.45, 2.75) is 18.8 Å². The molecule has 0 saturated carbocycles. The third kappa shape index (κ3) is 3.25. The molecule has 0 bridgehead atoms. The Balaban J connectivity index is 1.71. The number of carbonyl (C=O) groups excluding carboxylic acids is 1. The van der Waals surface area contributed by atoms with Crippen LogP contribution in [-0.2, 0) is 0 Å². The highest BCUT2D eigenvalue weighted by atomic mass is 32.1. The molecule has 1 fully saturated rings. The summed E-state index contributed by atoms with van der Waals surface area (Å²) in [4.78, 5) is 12.1. The maximum absolute atomic E-state index is 13.5. The Kier molecular flexibility index (Phi) is 4.21.